The quantitative estimate of drug-likeness (QED) is 0.103. The van der Waals surface area contributed by atoms with Gasteiger partial charge in [-0.15, -0.1) is 0 Å². The van der Waals surface area contributed by atoms with E-state index in [1.807, 2.05) is 55.4 Å². The Labute approximate surface area is 421 Å². The van der Waals surface area contributed by atoms with E-state index in [4.69, 9.17) is 33.5 Å². The fourth-order valence-corrected chi connectivity index (χ4v) is 10.7. The lowest BCUT2D eigenvalue weighted by atomic mass is 9.46. The van der Waals surface area contributed by atoms with Gasteiger partial charge in [-0.25, -0.2) is 0 Å². The first-order chi connectivity index (χ1) is 32.5. The van der Waals surface area contributed by atoms with Crippen LogP contribution in [-0.4, -0.2) is 64.6 Å². The Kier molecular flexibility index (Phi) is 18.1. The molecule has 3 aliphatic heterocycles. The molecule has 0 aromatic heterocycles. The molecule has 4 aliphatic carbocycles. The molecule has 7 fully saturated rings. The van der Waals surface area contributed by atoms with E-state index in [0.29, 0.717) is 24.5 Å². The average Bonchev–Trinajstić information content (AvgIpc) is 3.95. The van der Waals surface area contributed by atoms with Crippen molar-refractivity contribution in [3.8, 4) is 17.2 Å². The van der Waals surface area contributed by atoms with Crippen LogP contribution >= 0.6 is 0 Å². The monoisotopic (exact) mass is 975 g/mol. The molecule has 7 aliphatic rings. The van der Waals surface area contributed by atoms with E-state index in [1.54, 1.807) is 12.1 Å². The first-order valence-electron chi connectivity index (χ1n) is 26.7. The Bertz CT molecular complexity index is 2040. The van der Waals surface area contributed by atoms with Crippen molar-refractivity contribution < 1.29 is 52.7 Å². The fraction of sp³-hybridized carbons (Fsp3) is 0.729. The number of esters is 4. The summed E-state index contributed by atoms with van der Waals surface area (Å²) in [6.07, 6.45) is 12.0. The molecule has 3 saturated heterocycles. The number of aromatic hydroxyl groups is 1. The van der Waals surface area contributed by atoms with Crippen LogP contribution in [0.1, 0.15) is 199 Å². The molecule has 392 valence electrons. The van der Waals surface area contributed by atoms with Crippen LogP contribution in [0.3, 0.4) is 0 Å². The average molecular weight is 975 g/mol. The molecule has 70 heavy (non-hydrogen) atoms. The smallest absolute Gasteiger partial charge is 0.316 e. The van der Waals surface area contributed by atoms with Crippen molar-refractivity contribution in [3.63, 3.8) is 0 Å². The molecule has 6 atom stereocenters. The zero-order valence-electron chi connectivity index (χ0n) is 45.8. The second kappa shape index (κ2) is 22.3. The zero-order chi connectivity index (χ0) is 52.2. The lowest BCUT2D eigenvalue weighted by molar-refractivity contribution is -0.206. The summed E-state index contributed by atoms with van der Waals surface area (Å²) in [7, 11) is 0. The van der Waals surface area contributed by atoms with Crippen molar-refractivity contribution in [1.29, 1.82) is 0 Å². The molecule has 2 aromatic rings. The number of hydrogen-bond acceptors (Lipinski definition) is 11. The van der Waals surface area contributed by atoms with E-state index >= 15 is 0 Å². The summed E-state index contributed by atoms with van der Waals surface area (Å²) in [5, 5.41) is 9.06. The second-order valence-electron chi connectivity index (χ2n) is 24.5. The molecule has 0 spiro atoms. The normalized spacial score (nSPS) is 27.6. The maximum absolute atomic E-state index is 12.6. The van der Waals surface area contributed by atoms with E-state index in [0.717, 1.165) is 42.8 Å². The molecule has 0 radical (unpaired) electrons. The van der Waals surface area contributed by atoms with E-state index in [1.165, 1.54) is 62.6 Å². The number of carbonyl (C=O) groups is 4. The molecular formula is C59H90O11. The van der Waals surface area contributed by atoms with Gasteiger partial charge in [0.25, 0.3) is 0 Å². The third kappa shape index (κ3) is 13.3. The molecule has 2 aromatic carbocycles. The third-order valence-corrected chi connectivity index (χ3v) is 17.4. The first-order valence-corrected chi connectivity index (χ1v) is 26.7. The third-order valence-electron chi connectivity index (χ3n) is 17.4. The summed E-state index contributed by atoms with van der Waals surface area (Å²) in [6, 6.07) is 14.6. The zero-order valence-corrected chi connectivity index (χ0v) is 45.8. The van der Waals surface area contributed by atoms with Crippen LogP contribution in [0.4, 0.5) is 0 Å². The number of phenolic OH excluding ortho intramolecular Hbond substituents is 1. The Morgan fingerprint density at radius 2 is 1.14 bits per heavy atom. The Morgan fingerprint density at radius 1 is 0.657 bits per heavy atom. The Hall–Kier alpha value is -4.12. The topological polar surface area (TPSA) is 144 Å². The first kappa shape index (κ1) is 56.8. The molecule has 1 N–H and O–H groups in total. The molecule has 6 unspecified atom stereocenters. The highest BCUT2D eigenvalue weighted by Gasteiger charge is 2.65. The van der Waals surface area contributed by atoms with E-state index in [9.17, 15) is 19.2 Å². The van der Waals surface area contributed by atoms with Gasteiger partial charge >= 0.3 is 23.9 Å². The highest BCUT2D eigenvalue weighted by molar-refractivity contribution is 5.79. The van der Waals surface area contributed by atoms with Crippen molar-refractivity contribution in [1.82, 2.24) is 0 Å². The molecular weight excluding hydrogens is 885 g/mol. The van der Waals surface area contributed by atoms with Crippen LogP contribution in [0.25, 0.3) is 0 Å². The SMILES string of the molecule is CCC(C)(C)C(=O)OC(C)(C)C12CC3CC(CC(C3)C1)C2.CCC(C)(C)C(=O)OC1C2CC3C(=O)OC1C3O2.CCC(C)(C)C(=O)Oc1ccc(O)cc1.CCC(C)c1ccc(OC(C)(C)CC)cc1. The summed E-state index contributed by atoms with van der Waals surface area (Å²) in [5.74, 6) is 4.05. The molecule has 11 heteroatoms. The van der Waals surface area contributed by atoms with E-state index < -0.39 is 23.0 Å². The van der Waals surface area contributed by atoms with Crippen LogP contribution in [0.15, 0.2) is 48.5 Å². The molecule has 4 saturated carbocycles. The summed E-state index contributed by atoms with van der Waals surface area (Å²) < 4.78 is 33.7. The van der Waals surface area contributed by atoms with Gasteiger partial charge in [0.05, 0.1) is 28.3 Å². The molecule has 9 rings (SSSR count). The van der Waals surface area contributed by atoms with Gasteiger partial charge in [0, 0.05) is 5.41 Å². The Balaban J connectivity index is 0.000000176. The van der Waals surface area contributed by atoms with E-state index in [2.05, 4.69) is 79.7 Å². The second-order valence-corrected chi connectivity index (χ2v) is 24.5. The van der Waals surface area contributed by atoms with Crippen molar-refractivity contribution in [2.75, 3.05) is 0 Å². The highest BCUT2D eigenvalue weighted by Crippen LogP contribution is 2.64. The predicted molar refractivity (Wildman–Crippen MR) is 273 cm³/mol. The maximum Gasteiger partial charge on any atom is 0.316 e. The number of hydrogen-bond donors (Lipinski definition) is 1. The fourth-order valence-electron chi connectivity index (χ4n) is 10.7. The maximum atomic E-state index is 12.6. The van der Waals surface area contributed by atoms with Crippen LogP contribution in [0.5, 0.6) is 17.2 Å². The summed E-state index contributed by atoms with van der Waals surface area (Å²) >= 11 is 0. The van der Waals surface area contributed by atoms with Gasteiger partial charge in [-0.05, 0) is 212 Å². The number of carbonyl (C=O) groups excluding carboxylic acids is 4. The number of ether oxygens (including phenoxy) is 6. The molecule has 6 bridgehead atoms. The van der Waals surface area contributed by atoms with Gasteiger partial charge in [0.1, 0.15) is 34.6 Å². The lowest BCUT2D eigenvalue weighted by Crippen LogP contribution is -2.58. The van der Waals surface area contributed by atoms with Crippen LogP contribution in [0.2, 0.25) is 0 Å². The number of phenols is 1. The largest absolute Gasteiger partial charge is 0.508 e. The molecule has 11 nitrogen and oxygen atoms in total. The van der Waals surface area contributed by atoms with Crippen LogP contribution in [0, 0.1) is 45.3 Å². The van der Waals surface area contributed by atoms with Crippen LogP contribution in [-0.2, 0) is 38.1 Å². The summed E-state index contributed by atoms with van der Waals surface area (Å²) in [6.45, 7) is 32.6. The van der Waals surface area contributed by atoms with Gasteiger partial charge in [-0.2, -0.15) is 0 Å². The van der Waals surface area contributed by atoms with E-state index in [-0.39, 0.29) is 69.8 Å². The minimum absolute atomic E-state index is 0.00857. The minimum atomic E-state index is -0.510. The van der Waals surface area contributed by atoms with Gasteiger partial charge in [-0.1, -0.05) is 53.7 Å². The number of rotatable bonds is 15. The van der Waals surface area contributed by atoms with Gasteiger partial charge in [0.2, 0.25) is 0 Å². The van der Waals surface area contributed by atoms with Crippen molar-refractivity contribution in [2.45, 2.75) is 229 Å². The highest BCUT2D eigenvalue weighted by atomic mass is 16.7. The van der Waals surface area contributed by atoms with Gasteiger partial charge < -0.3 is 33.5 Å². The summed E-state index contributed by atoms with van der Waals surface area (Å²) in [4.78, 5) is 47.8. The number of fused-ring (bicyclic) bond motifs is 1. The van der Waals surface area contributed by atoms with Crippen molar-refractivity contribution in [2.24, 2.45) is 45.3 Å². The molecule has 3 heterocycles. The minimum Gasteiger partial charge on any atom is -0.508 e. The van der Waals surface area contributed by atoms with Crippen molar-refractivity contribution >= 4 is 23.9 Å². The van der Waals surface area contributed by atoms with Crippen LogP contribution < -0.4 is 9.47 Å². The molecule has 0 amide bonds. The van der Waals surface area contributed by atoms with Crippen molar-refractivity contribution in [3.05, 3.63) is 54.1 Å². The lowest BCUT2D eigenvalue weighted by Gasteiger charge is -2.61. The standard InChI is InChI=1S/C19H32O2.C15H24O.C13H18O5.C12H16O3/c1-6-17(2,3)16(20)21-18(4,5)19-10-13-7-14(11-19)9-15(8-13)12-19;1-6-12(3)13-8-10-14(11-9-13)16-15(4,5)7-2;1-4-13(2,3)12(15)18-9-7-5-6-8(16-7)10(9)17-11(6)14;1-4-12(2,3)11(14)15-10-7-5-9(13)6-8-10/h13-15H,6-12H2,1-5H3;8-12H,6-7H2,1-5H3;6-10H,4-5H2,1-3H3;5-8,13H,4H2,1-3H3. The van der Waals surface area contributed by atoms with Gasteiger partial charge in [0.15, 0.2) is 12.2 Å². The predicted octanol–water partition coefficient (Wildman–Crippen LogP) is 13.5. The summed E-state index contributed by atoms with van der Waals surface area (Å²) in [5.41, 5.74) is -0.0865. The Morgan fingerprint density at radius 3 is 1.63 bits per heavy atom. The van der Waals surface area contributed by atoms with Gasteiger partial charge in [-0.3, -0.25) is 19.2 Å². The number of benzene rings is 2.